The summed E-state index contributed by atoms with van der Waals surface area (Å²) in [6, 6.07) is 0. The summed E-state index contributed by atoms with van der Waals surface area (Å²) in [5.74, 6) is 0.0639. The summed E-state index contributed by atoms with van der Waals surface area (Å²) >= 11 is 0. The maximum absolute atomic E-state index is 11.4. The van der Waals surface area contributed by atoms with Crippen molar-refractivity contribution in [2.24, 2.45) is 0 Å². The lowest BCUT2D eigenvalue weighted by Crippen LogP contribution is -2.64. The molecule has 0 bridgehead atoms. The molecule has 1 fully saturated rings. The van der Waals surface area contributed by atoms with Gasteiger partial charge in [0.25, 0.3) is 0 Å². The fraction of sp³-hybridized carbons (Fsp3) is 0.875. The first-order valence-corrected chi connectivity index (χ1v) is 4.24. The van der Waals surface area contributed by atoms with Crippen LogP contribution in [0.5, 0.6) is 0 Å². The van der Waals surface area contributed by atoms with Crippen molar-refractivity contribution in [1.82, 2.24) is 15.5 Å². The Balaban J connectivity index is 2.63. The summed E-state index contributed by atoms with van der Waals surface area (Å²) in [7, 11) is 3.70. The second kappa shape index (κ2) is 3.41. The van der Waals surface area contributed by atoms with Crippen molar-refractivity contribution in [2.45, 2.75) is 12.5 Å². The summed E-state index contributed by atoms with van der Waals surface area (Å²) in [5, 5.41) is 5.89. The quantitative estimate of drug-likeness (QED) is 0.533. The molecule has 1 rings (SSSR count). The van der Waals surface area contributed by atoms with Crippen molar-refractivity contribution in [2.75, 3.05) is 33.7 Å². The van der Waals surface area contributed by atoms with Gasteiger partial charge in [-0.3, -0.25) is 4.79 Å². The molecule has 0 spiro atoms. The first-order valence-electron chi connectivity index (χ1n) is 4.24. The van der Waals surface area contributed by atoms with E-state index < -0.39 is 5.54 Å². The van der Waals surface area contributed by atoms with Crippen LogP contribution in [0.2, 0.25) is 0 Å². The Kier molecular flexibility index (Phi) is 2.69. The highest BCUT2D eigenvalue weighted by atomic mass is 16.2. The topological polar surface area (TPSA) is 44.4 Å². The van der Waals surface area contributed by atoms with E-state index in [0.29, 0.717) is 0 Å². The molecule has 1 aliphatic heterocycles. The van der Waals surface area contributed by atoms with Gasteiger partial charge in [0.15, 0.2) is 0 Å². The van der Waals surface area contributed by atoms with Gasteiger partial charge in [-0.15, -0.1) is 0 Å². The van der Waals surface area contributed by atoms with E-state index in [9.17, 15) is 4.79 Å². The second-order valence-corrected chi connectivity index (χ2v) is 3.58. The number of piperazine rings is 1. The third-order valence-corrected chi connectivity index (χ3v) is 2.32. The van der Waals surface area contributed by atoms with Crippen molar-refractivity contribution in [3.63, 3.8) is 0 Å². The molecule has 4 nitrogen and oxygen atoms in total. The zero-order chi connectivity index (χ0) is 9.19. The van der Waals surface area contributed by atoms with Crippen molar-refractivity contribution in [3.05, 3.63) is 0 Å². The number of carbonyl (C=O) groups excluding carboxylic acids is 1. The first kappa shape index (κ1) is 9.48. The van der Waals surface area contributed by atoms with Crippen LogP contribution in [0.4, 0.5) is 0 Å². The van der Waals surface area contributed by atoms with Crippen LogP contribution in [0.25, 0.3) is 0 Å². The van der Waals surface area contributed by atoms with E-state index in [4.69, 9.17) is 0 Å². The van der Waals surface area contributed by atoms with Crippen LogP contribution in [-0.4, -0.2) is 50.1 Å². The van der Waals surface area contributed by atoms with Crippen LogP contribution in [0.15, 0.2) is 0 Å². The lowest BCUT2D eigenvalue weighted by molar-refractivity contribution is -0.128. The van der Waals surface area contributed by atoms with Gasteiger partial charge in [0.1, 0.15) is 5.54 Å². The smallest absolute Gasteiger partial charge is 0.241 e. The average molecular weight is 171 g/mol. The van der Waals surface area contributed by atoms with E-state index >= 15 is 0 Å². The third-order valence-electron chi connectivity index (χ3n) is 2.32. The zero-order valence-corrected chi connectivity index (χ0v) is 7.98. The van der Waals surface area contributed by atoms with E-state index in [2.05, 4.69) is 15.5 Å². The fourth-order valence-electron chi connectivity index (χ4n) is 1.63. The van der Waals surface area contributed by atoms with Crippen LogP contribution in [-0.2, 0) is 4.79 Å². The molecule has 1 atom stereocenters. The summed E-state index contributed by atoms with van der Waals surface area (Å²) in [5.41, 5.74) is -0.415. The summed E-state index contributed by atoms with van der Waals surface area (Å²) in [6.07, 6.45) is 0. The third kappa shape index (κ3) is 1.76. The van der Waals surface area contributed by atoms with Gasteiger partial charge in [-0.25, -0.2) is 0 Å². The molecule has 0 radical (unpaired) electrons. The Hall–Kier alpha value is -0.610. The van der Waals surface area contributed by atoms with E-state index in [1.165, 1.54) is 0 Å². The number of rotatable bonds is 1. The molecule has 0 aromatic heterocycles. The maximum atomic E-state index is 11.4. The van der Waals surface area contributed by atoms with Crippen LogP contribution in [0.1, 0.15) is 6.92 Å². The number of nitrogens with one attached hydrogen (secondary N) is 2. The minimum absolute atomic E-state index is 0.0639. The Morgan fingerprint density at radius 3 is 2.83 bits per heavy atom. The molecule has 4 heteroatoms. The summed E-state index contributed by atoms with van der Waals surface area (Å²) in [4.78, 5) is 13.6. The second-order valence-electron chi connectivity index (χ2n) is 3.58. The van der Waals surface area contributed by atoms with Crippen molar-refractivity contribution in [1.29, 1.82) is 0 Å². The predicted molar refractivity (Wildman–Crippen MR) is 48.0 cm³/mol. The van der Waals surface area contributed by atoms with E-state index in [1.54, 1.807) is 7.05 Å². The monoisotopic (exact) mass is 171 g/mol. The molecule has 2 N–H and O–H groups in total. The number of hydrogen-bond donors (Lipinski definition) is 2. The number of hydrogen-bond acceptors (Lipinski definition) is 3. The van der Waals surface area contributed by atoms with Crippen molar-refractivity contribution in [3.8, 4) is 0 Å². The number of likely N-dealkylation sites (N-methyl/N-ethyl adjacent to an activating group) is 2. The molecule has 0 saturated carbocycles. The Bertz CT molecular complexity index is 183. The van der Waals surface area contributed by atoms with Gasteiger partial charge in [0, 0.05) is 26.7 Å². The Labute approximate surface area is 73.3 Å². The molecule has 1 saturated heterocycles. The Morgan fingerprint density at radius 1 is 1.67 bits per heavy atom. The molecule has 12 heavy (non-hydrogen) atoms. The normalized spacial score (nSPS) is 31.6. The minimum Gasteiger partial charge on any atom is -0.358 e. The molecule has 70 valence electrons. The first-order chi connectivity index (χ1) is 5.58. The lowest BCUT2D eigenvalue weighted by Gasteiger charge is -2.38. The van der Waals surface area contributed by atoms with Crippen LogP contribution >= 0.6 is 0 Å². The van der Waals surface area contributed by atoms with Gasteiger partial charge in [-0.1, -0.05) is 0 Å². The van der Waals surface area contributed by atoms with E-state index in [0.717, 1.165) is 19.6 Å². The largest absolute Gasteiger partial charge is 0.358 e. The molecular formula is C8H17N3O. The highest BCUT2D eigenvalue weighted by molar-refractivity contribution is 5.86. The Morgan fingerprint density at radius 2 is 2.33 bits per heavy atom. The number of nitrogens with zero attached hydrogens (tertiary/aromatic N) is 1. The molecule has 1 heterocycles. The van der Waals surface area contributed by atoms with Crippen molar-refractivity contribution >= 4 is 5.91 Å². The van der Waals surface area contributed by atoms with Gasteiger partial charge < -0.3 is 15.5 Å². The fourth-order valence-corrected chi connectivity index (χ4v) is 1.63. The van der Waals surface area contributed by atoms with Gasteiger partial charge in [-0.2, -0.15) is 0 Å². The van der Waals surface area contributed by atoms with Gasteiger partial charge in [0.05, 0.1) is 0 Å². The SMILES string of the molecule is CNC(=O)C1(C)CN(C)CCN1. The van der Waals surface area contributed by atoms with Crippen LogP contribution in [0, 0.1) is 0 Å². The summed E-state index contributed by atoms with van der Waals surface area (Å²) in [6.45, 7) is 4.58. The maximum Gasteiger partial charge on any atom is 0.241 e. The van der Waals surface area contributed by atoms with E-state index in [1.807, 2.05) is 14.0 Å². The molecule has 1 aliphatic rings. The molecule has 0 aromatic rings. The molecule has 1 amide bonds. The molecule has 1 unspecified atom stereocenters. The van der Waals surface area contributed by atoms with Gasteiger partial charge in [0.2, 0.25) is 5.91 Å². The van der Waals surface area contributed by atoms with E-state index in [-0.39, 0.29) is 5.91 Å². The standard InChI is InChI=1S/C8H17N3O/c1-8(7(12)9-2)6-11(3)5-4-10-8/h10H,4-6H2,1-3H3,(H,9,12). The van der Waals surface area contributed by atoms with Crippen LogP contribution < -0.4 is 10.6 Å². The average Bonchev–Trinajstić information content (AvgIpc) is 2.02. The summed E-state index contributed by atoms with van der Waals surface area (Å²) < 4.78 is 0. The van der Waals surface area contributed by atoms with Crippen LogP contribution in [0.3, 0.4) is 0 Å². The molecule has 0 aromatic carbocycles. The van der Waals surface area contributed by atoms with Crippen molar-refractivity contribution < 1.29 is 4.79 Å². The lowest BCUT2D eigenvalue weighted by atomic mass is 9.98. The highest BCUT2D eigenvalue weighted by Crippen LogP contribution is 2.09. The minimum atomic E-state index is -0.415. The van der Waals surface area contributed by atoms with Gasteiger partial charge >= 0.3 is 0 Å². The number of amides is 1. The molecule has 0 aliphatic carbocycles. The zero-order valence-electron chi connectivity index (χ0n) is 7.98. The van der Waals surface area contributed by atoms with Gasteiger partial charge in [-0.05, 0) is 14.0 Å². The molecular weight excluding hydrogens is 154 g/mol. The highest BCUT2D eigenvalue weighted by Gasteiger charge is 2.35. The predicted octanol–water partition coefficient (Wildman–Crippen LogP) is -0.974. The number of carbonyl (C=O) groups is 1.